The predicted molar refractivity (Wildman–Crippen MR) is 94.1 cm³/mol. The average Bonchev–Trinajstić information content (AvgIpc) is 2.44. The zero-order valence-corrected chi connectivity index (χ0v) is 15.6. The summed E-state index contributed by atoms with van der Waals surface area (Å²) in [5.74, 6) is 0.275. The summed E-state index contributed by atoms with van der Waals surface area (Å²) < 4.78 is 24.5. The first-order chi connectivity index (χ1) is 9.97. The van der Waals surface area contributed by atoms with Crippen LogP contribution < -0.4 is 0 Å². The number of aryl methyl sites for hydroxylation is 2. The van der Waals surface area contributed by atoms with Crippen LogP contribution in [0.4, 0.5) is 0 Å². The van der Waals surface area contributed by atoms with Crippen LogP contribution in [0.1, 0.15) is 56.1 Å². The van der Waals surface area contributed by atoms with Gasteiger partial charge in [-0.2, -0.15) is 0 Å². The second-order valence-electron chi connectivity index (χ2n) is 5.73. The molecule has 1 rings (SSSR count). The zero-order chi connectivity index (χ0) is 15.7. The highest BCUT2D eigenvalue weighted by Gasteiger charge is 2.14. The van der Waals surface area contributed by atoms with Crippen molar-refractivity contribution in [1.29, 1.82) is 0 Å². The topological polar surface area (TPSA) is 34.1 Å². The lowest BCUT2D eigenvalue weighted by molar-refractivity contribution is 0.579. The highest BCUT2D eigenvalue weighted by molar-refractivity contribution is 9.09. The SMILES string of the molecule is Cc1ccc(S(=O)(=O)CCCCCCCCCBr)cc1C. The van der Waals surface area contributed by atoms with Gasteiger partial charge in [0.25, 0.3) is 0 Å². The van der Waals surface area contributed by atoms with Gasteiger partial charge in [-0.25, -0.2) is 8.42 Å². The second kappa shape index (κ2) is 9.62. The molecule has 0 N–H and O–H groups in total. The van der Waals surface area contributed by atoms with Crippen molar-refractivity contribution in [3.8, 4) is 0 Å². The molecule has 0 aromatic heterocycles. The van der Waals surface area contributed by atoms with Gasteiger partial charge in [-0.15, -0.1) is 0 Å². The first-order valence-electron chi connectivity index (χ1n) is 7.83. The van der Waals surface area contributed by atoms with E-state index < -0.39 is 9.84 Å². The number of alkyl halides is 1. The van der Waals surface area contributed by atoms with Gasteiger partial charge in [-0.05, 0) is 49.9 Å². The molecule has 0 saturated heterocycles. The Morgan fingerprint density at radius 2 is 1.43 bits per heavy atom. The van der Waals surface area contributed by atoms with Gasteiger partial charge in [0.05, 0.1) is 10.6 Å². The minimum absolute atomic E-state index is 0.275. The Labute approximate surface area is 138 Å². The van der Waals surface area contributed by atoms with Crippen LogP contribution in [0, 0.1) is 13.8 Å². The molecular weight excluding hydrogens is 348 g/mol. The maximum absolute atomic E-state index is 12.3. The van der Waals surface area contributed by atoms with Gasteiger partial charge < -0.3 is 0 Å². The second-order valence-corrected chi connectivity index (χ2v) is 8.63. The molecule has 0 fully saturated rings. The van der Waals surface area contributed by atoms with Gasteiger partial charge in [0.2, 0.25) is 0 Å². The first-order valence-corrected chi connectivity index (χ1v) is 10.6. The molecule has 1 aromatic carbocycles. The fourth-order valence-corrected chi connectivity index (χ4v) is 4.14. The van der Waals surface area contributed by atoms with Crippen LogP contribution in [-0.4, -0.2) is 19.5 Å². The van der Waals surface area contributed by atoms with Crippen LogP contribution in [0.2, 0.25) is 0 Å². The summed E-state index contributed by atoms with van der Waals surface area (Å²) in [6.07, 6.45) is 7.91. The molecule has 4 heteroatoms. The van der Waals surface area contributed by atoms with E-state index in [1.165, 1.54) is 25.7 Å². The molecule has 0 heterocycles. The summed E-state index contributed by atoms with van der Waals surface area (Å²) in [4.78, 5) is 0.475. The lowest BCUT2D eigenvalue weighted by Gasteiger charge is -2.07. The number of benzene rings is 1. The molecule has 2 nitrogen and oxygen atoms in total. The Bertz CT molecular complexity index is 524. The predicted octanol–water partition coefficient (Wildman–Crippen LogP) is 5.20. The highest BCUT2D eigenvalue weighted by Crippen LogP contribution is 2.18. The van der Waals surface area contributed by atoms with E-state index in [2.05, 4.69) is 15.9 Å². The molecule has 120 valence electrons. The molecule has 0 unspecified atom stereocenters. The van der Waals surface area contributed by atoms with Crippen LogP contribution in [0.5, 0.6) is 0 Å². The molecule has 0 aliphatic rings. The van der Waals surface area contributed by atoms with Crippen LogP contribution in [0.25, 0.3) is 0 Å². The van der Waals surface area contributed by atoms with Gasteiger partial charge in [-0.3, -0.25) is 0 Å². The van der Waals surface area contributed by atoms with E-state index in [4.69, 9.17) is 0 Å². The summed E-state index contributed by atoms with van der Waals surface area (Å²) in [5, 5.41) is 1.08. The lowest BCUT2D eigenvalue weighted by atomic mass is 10.1. The van der Waals surface area contributed by atoms with Gasteiger partial charge in [0.1, 0.15) is 0 Å². The van der Waals surface area contributed by atoms with Crippen molar-refractivity contribution in [2.45, 2.75) is 63.7 Å². The van der Waals surface area contributed by atoms with Gasteiger partial charge in [0, 0.05) is 5.33 Å². The maximum Gasteiger partial charge on any atom is 0.178 e. The molecule has 0 amide bonds. The quantitative estimate of drug-likeness (QED) is 0.416. The van der Waals surface area contributed by atoms with E-state index in [-0.39, 0.29) is 5.75 Å². The summed E-state index contributed by atoms with van der Waals surface area (Å²) >= 11 is 3.43. The van der Waals surface area contributed by atoms with Crippen molar-refractivity contribution in [3.63, 3.8) is 0 Å². The molecule has 0 saturated carbocycles. The van der Waals surface area contributed by atoms with Crippen molar-refractivity contribution < 1.29 is 8.42 Å². The lowest BCUT2D eigenvalue weighted by Crippen LogP contribution is -2.07. The van der Waals surface area contributed by atoms with E-state index in [0.717, 1.165) is 35.7 Å². The van der Waals surface area contributed by atoms with Crippen molar-refractivity contribution >= 4 is 25.8 Å². The summed E-state index contributed by atoms with van der Waals surface area (Å²) in [6.45, 7) is 3.96. The number of unbranched alkanes of at least 4 members (excludes halogenated alkanes) is 6. The third-order valence-electron chi connectivity index (χ3n) is 3.88. The molecule has 0 bridgehead atoms. The van der Waals surface area contributed by atoms with Crippen LogP contribution in [0.3, 0.4) is 0 Å². The van der Waals surface area contributed by atoms with E-state index in [9.17, 15) is 8.42 Å². The third-order valence-corrected chi connectivity index (χ3v) is 6.24. The molecule has 0 atom stereocenters. The zero-order valence-electron chi connectivity index (χ0n) is 13.2. The number of hydrogen-bond acceptors (Lipinski definition) is 2. The van der Waals surface area contributed by atoms with Gasteiger partial charge >= 0.3 is 0 Å². The smallest absolute Gasteiger partial charge is 0.178 e. The third kappa shape index (κ3) is 6.96. The molecular formula is C17H27BrO2S. The normalized spacial score (nSPS) is 11.8. The maximum atomic E-state index is 12.3. The largest absolute Gasteiger partial charge is 0.224 e. The molecule has 0 radical (unpaired) electrons. The van der Waals surface area contributed by atoms with Crippen molar-refractivity contribution in [1.82, 2.24) is 0 Å². The minimum Gasteiger partial charge on any atom is -0.224 e. The summed E-state index contributed by atoms with van der Waals surface area (Å²) in [7, 11) is -3.11. The Balaban J connectivity index is 2.31. The van der Waals surface area contributed by atoms with Crippen LogP contribution in [0.15, 0.2) is 23.1 Å². The van der Waals surface area contributed by atoms with Gasteiger partial charge in [-0.1, -0.05) is 54.1 Å². The molecule has 1 aromatic rings. The monoisotopic (exact) mass is 374 g/mol. The van der Waals surface area contributed by atoms with Crippen LogP contribution >= 0.6 is 15.9 Å². The van der Waals surface area contributed by atoms with Crippen LogP contribution in [-0.2, 0) is 9.84 Å². The van der Waals surface area contributed by atoms with Crippen molar-refractivity contribution in [2.75, 3.05) is 11.1 Å². The highest BCUT2D eigenvalue weighted by atomic mass is 79.9. The Kier molecular flexibility index (Phi) is 8.57. The minimum atomic E-state index is -3.11. The number of rotatable bonds is 10. The summed E-state index contributed by atoms with van der Waals surface area (Å²) in [6, 6.07) is 5.43. The molecule has 0 aliphatic heterocycles. The number of halogens is 1. The Hall–Kier alpha value is -0.350. The molecule has 21 heavy (non-hydrogen) atoms. The fraction of sp³-hybridized carbons (Fsp3) is 0.647. The van der Waals surface area contributed by atoms with E-state index >= 15 is 0 Å². The van der Waals surface area contributed by atoms with Gasteiger partial charge in [0.15, 0.2) is 9.84 Å². The van der Waals surface area contributed by atoms with E-state index in [1.807, 2.05) is 19.9 Å². The number of hydrogen-bond donors (Lipinski definition) is 0. The fourth-order valence-electron chi connectivity index (χ4n) is 2.30. The molecule has 0 aliphatic carbocycles. The van der Waals surface area contributed by atoms with E-state index in [0.29, 0.717) is 4.90 Å². The van der Waals surface area contributed by atoms with Crippen molar-refractivity contribution in [2.24, 2.45) is 0 Å². The van der Waals surface area contributed by atoms with E-state index in [1.54, 1.807) is 12.1 Å². The Morgan fingerprint density at radius 1 is 0.857 bits per heavy atom. The average molecular weight is 375 g/mol. The molecule has 0 spiro atoms. The Morgan fingerprint density at radius 3 is 2.00 bits per heavy atom. The standard InChI is InChI=1S/C17H27BrO2S/c1-15-10-11-17(14-16(15)2)21(19,20)13-9-7-5-3-4-6-8-12-18/h10-11,14H,3-9,12-13H2,1-2H3. The first kappa shape index (κ1) is 18.7. The summed E-state index contributed by atoms with van der Waals surface area (Å²) in [5.41, 5.74) is 2.18. The number of sulfone groups is 1. The van der Waals surface area contributed by atoms with Crippen molar-refractivity contribution in [3.05, 3.63) is 29.3 Å².